The molecule has 5 nitrogen and oxygen atoms in total. The van der Waals surface area contributed by atoms with Gasteiger partial charge in [-0.2, -0.15) is 0 Å². The molecule has 0 saturated carbocycles. The molecule has 112 valence electrons. The van der Waals surface area contributed by atoms with E-state index in [-0.39, 0.29) is 24.0 Å². The summed E-state index contributed by atoms with van der Waals surface area (Å²) in [5.74, 6) is 2.35. The van der Waals surface area contributed by atoms with Gasteiger partial charge in [-0.05, 0) is 18.6 Å². The standard InChI is InChI=1S/C14H21N3O2.HI/c1-3-7-16-14(15-2)17-11-5-6-12-13(10-11)19-9-4-8-18-12;/h5-6,10H,3-4,7-9H2,1-2H3,(H2,15,16,17);1H. The number of anilines is 1. The van der Waals surface area contributed by atoms with Gasteiger partial charge in [-0.15, -0.1) is 24.0 Å². The van der Waals surface area contributed by atoms with Crippen molar-refractivity contribution < 1.29 is 9.47 Å². The molecule has 1 aliphatic rings. The van der Waals surface area contributed by atoms with Crippen molar-refractivity contribution in [2.75, 3.05) is 32.1 Å². The Hall–Kier alpha value is -1.18. The van der Waals surface area contributed by atoms with Crippen LogP contribution in [0.5, 0.6) is 11.5 Å². The highest BCUT2D eigenvalue weighted by atomic mass is 127. The van der Waals surface area contributed by atoms with Crippen LogP contribution < -0.4 is 20.1 Å². The first-order valence-electron chi connectivity index (χ1n) is 6.71. The molecule has 0 radical (unpaired) electrons. The minimum Gasteiger partial charge on any atom is -0.490 e. The molecule has 0 fully saturated rings. The number of aliphatic imine (C=N–C) groups is 1. The van der Waals surface area contributed by atoms with Gasteiger partial charge in [0, 0.05) is 31.8 Å². The average Bonchev–Trinajstić information content (AvgIpc) is 2.68. The molecule has 6 heteroatoms. The smallest absolute Gasteiger partial charge is 0.195 e. The fourth-order valence-corrected chi connectivity index (χ4v) is 1.80. The summed E-state index contributed by atoms with van der Waals surface area (Å²) < 4.78 is 11.3. The van der Waals surface area contributed by atoms with Crippen molar-refractivity contribution in [3.8, 4) is 11.5 Å². The van der Waals surface area contributed by atoms with E-state index in [1.807, 2.05) is 18.2 Å². The predicted molar refractivity (Wildman–Crippen MR) is 92.7 cm³/mol. The van der Waals surface area contributed by atoms with E-state index in [0.717, 1.165) is 42.5 Å². The molecule has 0 saturated heterocycles. The molecule has 0 bridgehead atoms. The summed E-state index contributed by atoms with van der Waals surface area (Å²) >= 11 is 0. The van der Waals surface area contributed by atoms with Crippen molar-refractivity contribution in [3.63, 3.8) is 0 Å². The van der Waals surface area contributed by atoms with Gasteiger partial charge < -0.3 is 20.1 Å². The largest absolute Gasteiger partial charge is 0.490 e. The molecular weight excluding hydrogens is 369 g/mol. The third kappa shape index (κ3) is 4.73. The van der Waals surface area contributed by atoms with Gasteiger partial charge >= 0.3 is 0 Å². The highest BCUT2D eigenvalue weighted by Crippen LogP contribution is 2.32. The Morgan fingerprint density at radius 2 is 2.00 bits per heavy atom. The minimum absolute atomic E-state index is 0. The van der Waals surface area contributed by atoms with Crippen LogP contribution in [0.25, 0.3) is 0 Å². The number of benzene rings is 1. The van der Waals surface area contributed by atoms with E-state index >= 15 is 0 Å². The van der Waals surface area contributed by atoms with E-state index in [1.54, 1.807) is 7.05 Å². The first-order valence-corrected chi connectivity index (χ1v) is 6.71. The number of ether oxygens (including phenoxy) is 2. The second kappa shape index (κ2) is 8.89. The third-order valence-corrected chi connectivity index (χ3v) is 2.78. The lowest BCUT2D eigenvalue weighted by molar-refractivity contribution is 0.297. The van der Waals surface area contributed by atoms with Gasteiger partial charge in [0.05, 0.1) is 13.2 Å². The van der Waals surface area contributed by atoms with Gasteiger partial charge in [0.2, 0.25) is 0 Å². The molecule has 0 amide bonds. The van der Waals surface area contributed by atoms with Gasteiger partial charge in [-0.3, -0.25) is 4.99 Å². The molecule has 2 rings (SSSR count). The Labute approximate surface area is 137 Å². The van der Waals surface area contributed by atoms with E-state index in [0.29, 0.717) is 13.2 Å². The molecular formula is C14H22IN3O2. The normalized spacial score (nSPS) is 14.0. The third-order valence-electron chi connectivity index (χ3n) is 2.78. The zero-order chi connectivity index (χ0) is 13.5. The SMILES string of the molecule is CCCNC(=NC)Nc1ccc2c(c1)OCCCO2.I. The number of nitrogens with one attached hydrogen (secondary N) is 2. The van der Waals surface area contributed by atoms with Crippen molar-refractivity contribution in [3.05, 3.63) is 18.2 Å². The van der Waals surface area contributed by atoms with Gasteiger partial charge in [-0.25, -0.2) is 0 Å². The van der Waals surface area contributed by atoms with Gasteiger partial charge in [-0.1, -0.05) is 6.92 Å². The molecule has 0 aromatic heterocycles. The van der Waals surface area contributed by atoms with Crippen LogP contribution in [0.1, 0.15) is 19.8 Å². The Bertz CT molecular complexity index is 452. The van der Waals surface area contributed by atoms with Crippen LogP contribution in [-0.2, 0) is 0 Å². The Morgan fingerprint density at radius 3 is 2.70 bits per heavy atom. The summed E-state index contributed by atoms with van der Waals surface area (Å²) in [6.07, 6.45) is 1.97. The molecule has 0 unspecified atom stereocenters. The molecule has 1 aliphatic heterocycles. The number of nitrogens with zero attached hydrogens (tertiary/aromatic N) is 1. The van der Waals surface area contributed by atoms with Crippen LogP contribution in [0.2, 0.25) is 0 Å². The maximum absolute atomic E-state index is 5.66. The maximum Gasteiger partial charge on any atom is 0.195 e. The summed E-state index contributed by atoms with van der Waals surface area (Å²) in [6, 6.07) is 5.84. The summed E-state index contributed by atoms with van der Waals surface area (Å²) in [5, 5.41) is 6.46. The van der Waals surface area contributed by atoms with Gasteiger partial charge in [0.25, 0.3) is 0 Å². The first-order chi connectivity index (χ1) is 9.33. The van der Waals surface area contributed by atoms with Crippen LogP contribution in [0.4, 0.5) is 5.69 Å². The topological polar surface area (TPSA) is 54.9 Å². The summed E-state index contributed by atoms with van der Waals surface area (Å²) in [4.78, 5) is 4.17. The molecule has 0 spiro atoms. The molecule has 20 heavy (non-hydrogen) atoms. The molecule has 0 atom stereocenters. The number of fused-ring (bicyclic) bond motifs is 1. The van der Waals surface area contributed by atoms with Gasteiger partial charge in [0.15, 0.2) is 17.5 Å². The second-order valence-corrected chi connectivity index (χ2v) is 4.34. The van der Waals surface area contributed by atoms with Crippen LogP contribution >= 0.6 is 24.0 Å². The highest BCUT2D eigenvalue weighted by Gasteiger charge is 2.11. The summed E-state index contributed by atoms with van der Waals surface area (Å²) in [6.45, 7) is 4.41. The zero-order valence-corrected chi connectivity index (χ0v) is 14.3. The second-order valence-electron chi connectivity index (χ2n) is 4.34. The number of hydrogen-bond donors (Lipinski definition) is 2. The van der Waals surface area contributed by atoms with Crippen molar-refractivity contribution in [2.45, 2.75) is 19.8 Å². The van der Waals surface area contributed by atoms with E-state index in [9.17, 15) is 0 Å². The number of halogens is 1. The van der Waals surface area contributed by atoms with E-state index < -0.39 is 0 Å². The number of guanidine groups is 1. The summed E-state index contributed by atoms with van der Waals surface area (Å²) in [5.41, 5.74) is 0.938. The average molecular weight is 391 g/mol. The van der Waals surface area contributed by atoms with Crippen LogP contribution in [0.3, 0.4) is 0 Å². The fourth-order valence-electron chi connectivity index (χ4n) is 1.80. The van der Waals surface area contributed by atoms with E-state index in [1.165, 1.54) is 0 Å². The quantitative estimate of drug-likeness (QED) is 0.473. The molecule has 1 heterocycles. The van der Waals surface area contributed by atoms with Crippen molar-refractivity contribution in [1.29, 1.82) is 0 Å². The lowest BCUT2D eigenvalue weighted by Gasteiger charge is -2.13. The van der Waals surface area contributed by atoms with Crippen LogP contribution in [0, 0.1) is 0 Å². The molecule has 1 aromatic rings. The lowest BCUT2D eigenvalue weighted by Crippen LogP contribution is -2.31. The summed E-state index contributed by atoms with van der Waals surface area (Å²) in [7, 11) is 1.76. The Morgan fingerprint density at radius 1 is 1.25 bits per heavy atom. The van der Waals surface area contributed by atoms with E-state index in [4.69, 9.17) is 9.47 Å². The van der Waals surface area contributed by atoms with Crippen LogP contribution in [0.15, 0.2) is 23.2 Å². The zero-order valence-electron chi connectivity index (χ0n) is 11.9. The van der Waals surface area contributed by atoms with Crippen LogP contribution in [-0.4, -0.2) is 32.8 Å². The minimum atomic E-state index is 0. The molecule has 1 aromatic carbocycles. The maximum atomic E-state index is 5.66. The molecule has 0 aliphatic carbocycles. The van der Waals surface area contributed by atoms with Crippen molar-refractivity contribution in [2.24, 2.45) is 4.99 Å². The monoisotopic (exact) mass is 391 g/mol. The first kappa shape index (κ1) is 16.9. The fraction of sp³-hybridized carbons (Fsp3) is 0.500. The number of hydrogen-bond acceptors (Lipinski definition) is 3. The van der Waals surface area contributed by atoms with E-state index in [2.05, 4.69) is 22.5 Å². The molecule has 2 N–H and O–H groups in total. The Kier molecular flexibility index (Phi) is 7.50. The predicted octanol–water partition coefficient (Wildman–Crippen LogP) is 2.86. The highest BCUT2D eigenvalue weighted by molar-refractivity contribution is 14.0. The number of rotatable bonds is 3. The van der Waals surface area contributed by atoms with Gasteiger partial charge in [0.1, 0.15) is 0 Å². The van der Waals surface area contributed by atoms with Crippen molar-refractivity contribution in [1.82, 2.24) is 5.32 Å². The lowest BCUT2D eigenvalue weighted by atomic mass is 10.3. The Balaban J connectivity index is 0.00000200. The van der Waals surface area contributed by atoms with Crippen molar-refractivity contribution >= 4 is 35.6 Å².